The summed E-state index contributed by atoms with van der Waals surface area (Å²) in [7, 11) is 0. The summed E-state index contributed by atoms with van der Waals surface area (Å²) in [5.41, 5.74) is 1.86. The van der Waals surface area contributed by atoms with E-state index in [4.69, 9.17) is 4.98 Å². The standard InChI is InChI=1S/C31H37N9O2/c1-23-34-25(38-13-8-30(2,21-38)24-6-4-3-5-7-24)20-26(41)40(23)19-18-39-22-31(35-29(39)42)9-14-36(15-10-31)27-28-33-12-17-37(28)16-11-32-27/h3-7,11-12,16-17,20H,8-10,13-15,18-19,21-22H2,1-2H3,(H,35,42)/t30-/m0/s1. The molecule has 0 saturated carbocycles. The number of benzene rings is 1. The number of urea groups is 1. The van der Waals surface area contributed by atoms with Crippen molar-refractivity contribution in [3.8, 4) is 0 Å². The first-order chi connectivity index (χ1) is 20.3. The largest absolute Gasteiger partial charge is 0.355 e. The molecule has 1 atom stereocenters. The number of hydrogen-bond donors (Lipinski definition) is 1. The number of nitrogens with one attached hydrogen (secondary N) is 1. The molecule has 1 spiro atoms. The summed E-state index contributed by atoms with van der Waals surface area (Å²) in [6, 6.07) is 12.2. The lowest BCUT2D eigenvalue weighted by molar-refractivity contribution is 0.215. The van der Waals surface area contributed by atoms with Crippen LogP contribution >= 0.6 is 0 Å². The molecular weight excluding hydrogens is 530 g/mol. The topological polar surface area (TPSA) is 104 Å². The van der Waals surface area contributed by atoms with E-state index in [0.717, 1.165) is 62.7 Å². The van der Waals surface area contributed by atoms with Crippen LogP contribution in [0, 0.1) is 6.92 Å². The molecule has 3 fully saturated rings. The number of nitrogens with zero attached hydrogens (tertiary/aromatic N) is 8. The lowest BCUT2D eigenvalue weighted by Crippen LogP contribution is -2.52. The average Bonchev–Trinajstić information content (AvgIpc) is 3.71. The minimum absolute atomic E-state index is 0.0318. The molecule has 3 saturated heterocycles. The molecule has 6 heterocycles. The number of imidazole rings is 1. The van der Waals surface area contributed by atoms with Gasteiger partial charge in [-0.25, -0.2) is 19.7 Å². The molecule has 3 aromatic heterocycles. The lowest BCUT2D eigenvalue weighted by atomic mass is 9.82. The van der Waals surface area contributed by atoms with Gasteiger partial charge in [-0.2, -0.15) is 0 Å². The summed E-state index contributed by atoms with van der Waals surface area (Å²) in [5.74, 6) is 2.29. The van der Waals surface area contributed by atoms with Gasteiger partial charge in [0, 0.05) is 82.1 Å². The highest BCUT2D eigenvalue weighted by Crippen LogP contribution is 2.36. The third-order valence-corrected chi connectivity index (χ3v) is 9.51. The van der Waals surface area contributed by atoms with E-state index in [1.807, 2.05) is 34.7 Å². The number of aromatic nitrogens is 5. The van der Waals surface area contributed by atoms with Crippen LogP contribution in [-0.2, 0) is 12.0 Å². The molecule has 0 unspecified atom stereocenters. The van der Waals surface area contributed by atoms with Crippen molar-refractivity contribution in [3.63, 3.8) is 0 Å². The predicted molar refractivity (Wildman–Crippen MR) is 161 cm³/mol. The number of aryl methyl sites for hydroxylation is 1. The van der Waals surface area contributed by atoms with Crippen molar-refractivity contribution in [1.29, 1.82) is 0 Å². The van der Waals surface area contributed by atoms with E-state index in [9.17, 15) is 9.59 Å². The monoisotopic (exact) mass is 567 g/mol. The highest BCUT2D eigenvalue weighted by Gasteiger charge is 2.44. The molecule has 218 valence electrons. The van der Waals surface area contributed by atoms with Crippen LogP contribution in [0.4, 0.5) is 16.4 Å². The van der Waals surface area contributed by atoms with E-state index in [1.54, 1.807) is 23.0 Å². The average molecular weight is 568 g/mol. The Morgan fingerprint density at radius 3 is 2.40 bits per heavy atom. The van der Waals surface area contributed by atoms with Gasteiger partial charge in [-0.1, -0.05) is 37.3 Å². The van der Waals surface area contributed by atoms with E-state index in [1.165, 1.54) is 5.56 Å². The normalized spacial score (nSPS) is 22.0. The molecule has 0 aliphatic carbocycles. The highest BCUT2D eigenvalue weighted by atomic mass is 16.2. The first kappa shape index (κ1) is 26.5. The van der Waals surface area contributed by atoms with Crippen LogP contribution in [0.15, 0.2) is 66.0 Å². The Morgan fingerprint density at radius 2 is 1.64 bits per heavy atom. The molecule has 2 amide bonds. The number of amides is 2. The van der Waals surface area contributed by atoms with Crippen molar-refractivity contribution < 1.29 is 4.79 Å². The first-order valence-electron chi connectivity index (χ1n) is 14.8. The smallest absolute Gasteiger partial charge is 0.318 e. The number of carbonyl (C=O) groups is 1. The summed E-state index contributed by atoms with van der Waals surface area (Å²) >= 11 is 0. The lowest BCUT2D eigenvalue weighted by Gasteiger charge is -2.39. The molecule has 3 aliphatic heterocycles. The van der Waals surface area contributed by atoms with Crippen LogP contribution in [0.2, 0.25) is 0 Å². The molecule has 3 aliphatic rings. The van der Waals surface area contributed by atoms with E-state index in [-0.39, 0.29) is 22.5 Å². The molecule has 1 N–H and O–H groups in total. The Morgan fingerprint density at radius 1 is 0.905 bits per heavy atom. The fourth-order valence-corrected chi connectivity index (χ4v) is 6.95. The van der Waals surface area contributed by atoms with Crippen molar-refractivity contribution in [2.45, 2.75) is 50.6 Å². The van der Waals surface area contributed by atoms with Gasteiger partial charge in [0.15, 0.2) is 11.5 Å². The Kier molecular flexibility index (Phi) is 6.40. The predicted octanol–water partition coefficient (Wildman–Crippen LogP) is 2.83. The molecule has 1 aromatic carbocycles. The minimum Gasteiger partial charge on any atom is -0.355 e. The maximum atomic E-state index is 13.2. The zero-order chi connectivity index (χ0) is 28.9. The van der Waals surface area contributed by atoms with Crippen molar-refractivity contribution >= 4 is 23.3 Å². The maximum absolute atomic E-state index is 13.2. The van der Waals surface area contributed by atoms with E-state index in [0.29, 0.717) is 25.5 Å². The van der Waals surface area contributed by atoms with Crippen LogP contribution in [0.3, 0.4) is 0 Å². The number of carbonyl (C=O) groups excluding carboxylic acids is 1. The second-order valence-corrected chi connectivity index (χ2v) is 12.3. The van der Waals surface area contributed by atoms with Gasteiger partial charge in [0.1, 0.15) is 11.6 Å². The molecule has 11 nitrogen and oxygen atoms in total. The fraction of sp³-hybridized carbons (Fsp3) is 0.452. The van der Waals surface area contributed by atoms with Gasteiger partial charge in [0.2, 0.25) is 0 Å². The first-order valence-corrected chi connectivity index (χ1v) is 14.8. The molecule has 7 rings (SSSR count). The number of rotatable bonds is 6. The molecule has 0 radical (unpaired) electrons. The summed E-state index contributed by atoms with van der Waals surface area (Å²) < 4.78 is 3.66. The fourth-order valence-electron chi connectivity index (χ4n) is 6.95. The number of anilines is 2. The van der Waals surface area contributed by atoms with Crippen LogP contribution in [0.1, 0.15) is 37.6 Å². The Balaban J connectivity index is 0.982. The van der Waals surface area contributed by atoms with E-state index < -0.39 is 0 Å². The Labute approximate surface area is 244 Å². The highest BCUT2D eigenvalue weighted by molar-refractivity contribution is 5.78. The number of piperidine rings is 1. The summed E-state index contributed by atoms with van der Waals surface area (Å²) in [4.78, 5) is 46.4. The van der Waals surface area contributed by atoms with Crippen molar-refractivity contribution in [3.05, 3.63) is 82.9 Å². The van der Waals surface area contributed by atoms with Gasteiger partial charge in [0.05, 0.1) is 5.54 Å². The summed E-state index contributed by atoms with van der Waals surface area (Å²) in [6.45, 7) is 8.94. The summed E-state index contributed by atoms with van der Waals surface area (Å²) in [5, 5.41) is 3.27. The van der Waals surface area contributed by atoms with Crippen molar-refractivity contribution in [2.75, 3.05) is 49.1 Å². The van der Waals surface area contributed by atoms with E-state index >= 15 is 0 Å². The molecular formula is C31H37N9O2. The number of hydrogen-bond acceptors (Lipinski definition) is 7. The SMILES string of the molecule is Cc1nc(N2CC[C@](C)(c3ccccc3)C2)cc(=O)n1CCN1CC2(CCN(c3nccn4ccnc34)CC2)NC1=O. The molecule has 11 heteroatoms. The Hall–Kier alpha value is -4.41. The molecule has 4 aromatic rings. The van der Waals surface area contributed by atoms with Crippen molar-refractivity contribution in [1.82, 2.24) is 34.1 Å². The second-order valence-electron chi connectivity index (χ2n) is 12.3. The summed E-state index contributed by atoms with van der Waals surface area (Å²) in [6.07, 6.45) is 10.1. The van der Waals surface area contributed by atoms with Gasteiger partial charge in [-0.15, -0.1) is 0 Å². The van der Waals surface area contributed by atoms with Gasteiger partial charge in [0.25, 0.3) is 5.56 Å². The van der Waals surface area contributed by atoms with E-state index in [2.05, 4.69) is 56.3 Å². The Bertz CT molecular complexity index is 1670. The van der Waals surface area contributed by atoms with Gasteiger partial charge >= 0.3 is 6.03 Å². The quantitative estimate of drug-likeness (QED) is 0.382. The van der Waals surface area contributed by atoms with Gasteiger partial charge in [-0.05, 0) is 31.7 Å². The van der Waals surface area contributed by atoms with Crippen LogP contribution in [-0.4, -0.2) is 79.7 Å². The molecule has 42 heavy (non-hydrogen) atoms. The van der Waals surface area contributed by atoms with Crippen LogP contribution in [0.5, 0.6) is 0 Å². The van der Waals surface area contributed by atoms with Gasteiger partial charge < -0.3 is 24.4 Å². The third kappa shape index (κ3) is 4.66. The second kappa shape index (κ2) is 10.1. The van der Waals surface area contributed by atoms with Crippen molar-refractivity contribution in [2.24, 2.45) is 0 Å². The zero-order valence-corrected chi connectivity index (χ0v) is 24.2. The maximum Gasteiger partial charge on any atom is 0.318 e. The zero-order valence-electron chi connectivity index (χ0n) is 24.2. The third-order valence-electron chi connectivity index (χ3n) is 9.51. The minimum atomic E-state index is -0.267. The number of fused-ring (bicyclic) bond motifs is 1. The molecule has 0 bridgehead atoms. The van der Waals surface area contributed by atoms with Gasteiger partial charge in [-0.3, -0.25) is 9.36 Å². The van der Waals surface area contributed by atoms with Crippen LogP contribution < -0.4 is 20.7 Å². The van der Waals surface area contributed by atoms with Crippen LogP contribution in [0.25, 0.3) is 5.65 Å².